The van der Waals surface area contributed by atoms with Gasteiger partial charge < -0.3 is 14.5 Å². The first-order valence-corrected chi connectivity index (χ1v) is 12.7. The highest BCUT2D eigenvalue weighted by Gasteiger charge is 2.48. The van der Waals surface area contributed by atoms with Crippen LogP contribution in [0.2, 0.25) is 0 Å². The van der Waals surface area contributed by atoms with E-state index < -0.39 is 0 Å². The van der Waals surface area contributed by atoms with Crippen molar-refractivity contribution < 1.29 is 23.1 Å². The maximum absolute atomic E-state index is 13.6. The van der Waals surface area contributed by atoms with E-state index in [9.17, 15) is 13.6 Å². The number of carbonyl (C=O) groups excluding carboxylic acids is 1. The van der Waals surface area contributed by atoms with Crippen molar-refractivity contribution in [3.05, 3.63) is 131 Å². The van der Waals surface area contributed by atoms with Gasteiger partial charge >= 0.3 is 0 Å². The standard InChI is InChI=1S/C32H28F2N2O3/c1-38-35-30(23-7-11-25(33)12-8-23)20-19-29-31(36(32(29)37)27-15-13-26(34)14-16-27)24-9-17-28(18-10-24)39-21-22-5-3-2-4-6-22/h2-18,29,31H,19-21H2,1H3/b35-30+/t29-,31-/m1/s1. The summed E-state index contributed by atoms with van der Waals surface area (Å²) in [5.41, 5.74) is 4.02. The molecule has 0 aromatic heterocycles. The zero-order valence-corrected chi connectivity index (χ0v) is 21.5. The van der Waals surface area contributed by atoms with E-state index >= 15 is 0 Å². The molecule has 1 amide bonds. The third-order valence-corrected chi connectivity index (χ3v) is 6.86. The Morgan fingerprint density at radius 1 is 0.846 bits per heavy atom. The summed E-state index contributed by atoms with van der Waals surface area (Å²) in [6, 6.07) is 29.4. The second-order valence-electron chi connectivity index (χ2n) is 9.35. The second-order valence-corrected chi connectivity index (χ2v) is 9.35. The van der Waals surface area contributed by atoms with Crippen molar-refractivity contribution in [1.82, 2.24) is 0 Å². The molecule has 0 saturated carbocycles. The number of rotatable bonds is 10. The molecule has 1 heterocycles. The molecule has 0 unspecified atom stereocenters. The van der Waals surface area contributed by atoms with Gasteiger partial charge in [-0.15, -0.1) is 0 Å². The van der Waals surface area contributed by atoms with Crippen molar-refractivity contribution in [1.29, 1.82) is 0 Å². The second kappa shape index (κ2) is 11.9. The van der Waals surface area contributed by atoms with E-state index in [-0.39, 0.29) is 29.5 Å². The molecule has 0 spiro atoms. The van der Waals surface area contributed by atoms with Crippen LogP contribution < -0.4 is 9.64 Å². The summed E-state index contributed by atoms with van der Waals surface area (Å²) in [4.78, 5) is 20.1. The minimum Gasteiger partial charge on any atom is -0.489 e. The summed E-state index contributed by atoms with van der Waals surface area (Å²) < 4.78 is 33.0. The van der Waals surface area contributed by atoms with E-state index in [0.29, 0.717) is 30.8 Å². The average molecular weight is 527 g/mol. The zero-order valence-electron chi connectivity index (χ0n) is 21.5. The van der Waals surface area contributed by atoms with Gasteiger partial charge in [-0.2, -0.15) is 0 Å². The number of halogens is 2. The van der Waals surface area contributed by atoms with Crippen LogP contribution in [0, 0.1) is 17.6 Å². The van der Waals surface area contributed by atoms with Crippen molar-refractivity contribution in [2.45, 2.75) is 25.5 Å². The highest BCUT2D eigenvalue weighted by molar-refractivity contribution is 6.04. The molecule has 0 N–H and O–H groups in total. The molecular formula is C32H28F2N2O3. The number of nitrogens with zero attached hydrogens (tertiary/aromatic N) is 2. The van der Waals surface area contributed by atoms with E-state index in [1.54, 1.807) is 29.2 Å². The molecule has 4 aromatic carbocycles. The van der Waals surface area contributed by atoms with E-state index in [1.807, 2.05) is 54.6 Å². The molecule has 0 bridgehead atoms. The Morgan fingerprint density at radius 3 is 2.13 bits per heavy atom. The molecular weight excluding hydrogens is 498 g/mol. The fourth-order valence-electron chi connectivity index (χ4n) is 4.89. The molecule has 5 rings (SSSR count). The third kappa shape index (κ3) is 5.98. The van der Waals surface area contributed by atoms with Gasteiger partial charge in [0.15, 0.2) is 0 Å². The van der Waals surface area contributed by atoms with Gasteiger partial charge in [0, 0.05) is 5.69 Å². The Morgan fingerprint density at radius 2 is 1.49 bits per heavy atom. The first-order valence-electron chi connectivity index (χ1n) is 12.7. The predicted octanol–water partition coefficient (Wildman–Crippen LogP) is 7.08. The van der Waals surface area contributed by atoms with E-state index in [1.165, 1.54) is 31.4 Å². The van der Waals surface area contributed by atoms with Gasteiger partial charge in [0.2, 0.25) is 5.91 Å². The van der Waals surface area contributed by atoms with E-state index in [2.05, 4.69) is 5.16 Å². The van der Waals surface area contributed by atoms with Crippen molar-refractivity contribution in [3.8, 4) is 5.75 Å². The summed E-state index contributed by atoms with van der Waals surface area (Å²) in [5.74, 6) is -0.347. The fourth-order valence-corrected chi connectivity index (χ4v) is 4.89. The highest BCUT2D eigenvalue weighted by Crippen LogP contribution is 2.46. The van der Waals surface area contributed by atoms with Gasteiger partial charge in [-0.25, -0.2) is 8.78 Å². The minimum atomic E-state index is -0.362. The number of β-lactam (4-membered cyclic amide) rings is 1. The highest BCUT2D eigenvalue weighted by atomic mass is 19.1. The van der Waals surface area contributed by atoms with Crippen molar-refractivity contribution in [2.75, 3.05) is 12.0 Å². The summed E-state index contributed by atoms with van der Waals surface area (Å²) >= 11 is 0. The largest absolute Gasteiger partial charge is 0.489 e. The number of benzene rings is 4. The maximum Gasteiger partial charge on any atom is 0.233 e. The number of anilines is 1. The van der Waals surface area contributed by atoms with Gasteiger partial charge in [-0.3, -0.25) is 4.79 Å². The monoisotopic (exact) mass is 526 g/mol. The molecule has 1 saturated heterocycles. The first-order chi connectivity index (χ1) is 19.0. The minimum absolute atomic E-state index is 0.0492. The smallest absolute Gasteiger partial charge is 0.233 e. The van der Waals surface area contributed by atoms with Crippen LogP contribution in [0.1, 0.15) is 35.6 Å². The van der Waals surface area contributed by atoms with Crippen molar-refractivity contribution in [3.63, 3.8) is 0 Å². The lowest BCUT2D eigenvalue weighted by Crippen LogP contribution is -2.55. The van der Waals surface area contributed by atoms with E-state index in [4.69, 9.17) is 9.57 Å². The van der Waals surface area contributed by atoms with Crippen molar-refractivity contribution in [2.24, 2.45) is 11.1 Å². The molecule has 7 heteroatoms. The molecule has 2 atom stereocenters. The van der Waals surface area contributed by atoms with Crippen LogP contribution in [-0.2, 0) is 16.2 Å². The van der Waals surface area contributed by atoms with Crippen LogP contribution in [0.5, 0.6) is 5.75 Å². The van der Waals surface area contributed by atoms with Crippen LogP contribution in [-0.4, -0.2) is 18.7 Å². The lowest BCUT2D eigenvalue weighted by atomic mass is 9.78. The summed E-state index contributed by atoms with van der Waals surface area (Å²) in [6.07, 6.45) is 0.967. The number of hydrogen-bond donors (Lipinski definition) is 0. The molecule has 0 radical (unpaired) electrons. The predicted molar refractivity (Wildman–Crippen MR) is 147 cm³/mol. The summed E-state index contributed by atoms with van der Waals surface area (Å²) in [7, 11) is 1.46. The van der Waals surface area contributed by atoms with Crippen LogP contribution in [0.4, 0.5) is 14.5 Å². The molecule has 39 heavy (non-hydrogen) atoms. The quantitative estimate of drug-likeness (QED) is 0.126. The van der Waals surface area contributed by atoms with Crippen LogP contribution >= 0.6 is 0 Å². The number of ether oxygens (including phenoxy) is 1. The van der Waals surface area contributed by atoms with Crippen molar-refractivity contribution >= 4 is 17.3 Å². The molecule has 1 aliphatic rings. The topological polar surface area (TPSA) is 51.1 Å². The summed E-state index contributed by atoms with van der Waals surface area (Å²) in [6.45, 7) is 0.456. The lowest BCUT2D eigenvalue weighted by Gasteiger charge is -2.47. The van der Waals surface area contributed by atoms with Gasteiger partial charge in [-0.05, 0) is 78.1 Å². The maximum atomic E-state index is 13.6. The normalized spacial score (nSPS) is 17.1. The Balaban J connectivity index is 1.36. The number of oxime groups is 1. The van der Waals surface area contributed by atoms with Gasteiger partial charge in [0.25, 0.3) is 0 Å². The van der Waals surface area contributed by atoms with E-state index in [0.717, 1.165) is 22.4 Å². The molecule has 5 nitrogen and oxygen atoms in total. The average Bonchev–Trinajstić information content (AvgIpc) is 2.96. The summed E-state index contributed by atoms with van der Waals surface area (Å²) in [5, 5.41) is 4.13. The third-order valence-electron chi connectivity index (χ3n) is 6.86. The number of hydrogen-bond acceptors (Lipinski definition) is 4. The van der Waals surface area contributed by atoms with Crippen LogP contribution in [0.3, 0.4) is 0 Å². The molecule has 1 aliphatic heterocycles. The number of carbonyl (C=O) groups is 1. The van der Waals surface area contributed by atoms with Gasteiger partial charge in [-0.1, -0.05) is 59.8 Å². The Labute approximate surface area is 226 Å². The van der Waals surface area contributed by atoms with Crippen LogP contribution in [0.25, 0.3) is 0 Å². The molecule has 0 aliphatic carbocycles. The van der Waals surface area contributed by atoms with Gasteiger partial charge in [0.05, 0.1) is 17.7 Å². The first kappa shape index (κ1) is 26.1. The Hall–Kier alpha value is -4.52. The SMILES string of the molecule is CO/N=C(\CC[C@H]1C(=O)N(c2ccc(F)cc2)[C@@H]1c1ccc(OCc2ccccc2)cc1)c1ccc(F)cc1. The molecule has 198 valence electrons. The molecule has 1 fully saturated rings. The Kier molecular flexibility index (Phi) is 7.96. The molecule has 4 aromatic rings. The Bertz CT molecular complexity index is 1420. The fraction of sp³-hybridized carbons (Fsp3) is 0.188. The zero-order chi connectivity index (χ0) is 27.2. The van der Waals surface area contributed by atoms with Crippen LogP contribution in [0.15, 0.2) is 108 Å². The van der Waals surface area contributed by atoms with Gasteiger partial charge in [0.1, 0.15) is 31.1 Å². The lowest BCUT2D eigenvalue weighted by molar-refractivity contribution is -0.130. The number of amides is 1.